The zero-order valence-corrected chi connectivity index (χ0v) is 12.6. The molecule has 0 bridgehead atoms. The number of H-pyrrole nitrogens is 1. The highest BCUT2D eigenvalue weighted by molar-refractivity contribution is 7.18. The van der Waals surface area contributed by atoms with Gasteiger partial charge in [0.1, 0.15) is 22.8 Å². The first-order chi connectivity index (χ1) is 9.67. The summed E-state index contributed by atoms with van der Waals surface area (Å²) in [4.78, 5) is 14.8. The summed E-state index contributed by atoms with van der Waals surface area (Å²) >= 11 is 7.63. The van der Waals surface area contributed by atoms with E-state index in [0.717, 1.165) is 28.3 Å². The maximum absolute atomic E-state index is 5.99. The number of aromatic nitrogens is 5. The van der Waals surface area contributed by atoms with Gasteiger partial charge in [0, 0.05) is 4.88 Å². The second-order valence-electron chi connectivity index (χ2n) is 4.36. The average molecular weight is 309 g/mol. The highest BCUT2D eigenvalue weighted by Gasteiger charge is 2.14. The fourth-order valence-electron chi connectivity index (χ4n) is 1.93. The molecular formula is C12H13ClN6S. The lowest BCUT2D eigenvalue weighted by molar-refractivity contribution is 0.791. The third kappa shape index (κ3) is 2.46. The molecule has 0 amide bonds. The number of hydrogen-bond donors (Lipinski definition) is 2. The summed E-state index contributed by atoms with van der Waals surface area (Å²) < 4.78 is 0. The zero-order valence-electron chi connectivity index (χ0n) is 11.0. The standard InChI is InChI=1S/C12H13ClN6S/c1-3-7-4-8-10(17-12(13)18-11(8)20-7)16-6(2)9-14-5-15-19-9/h4-6H,3H2,1-2H3,(H,14,15,19)(H,16,17,18). The molecule has 3 aromatic rings. The number of hydrogen-bond acceptors (Lipinski definition) is 6. The molecule has 0 radical (unpaired) electrons. The van der Waals surface area contributed by atoms with Crippen LogP contribution in [-0.2, 0) is 6.42 Å². The molecule has 1 unspecified atom stereocenters. The molecule has 0 spiro atoms. The number of aromatic amines is 1. The van der Waals surface area contributed by atoms with Crippen LogP contribution in [0.3, 0.4) is 0 Å². The minimum absolute atomic E-state index is 0.0448. The highest BCUT2D eigenvalue weighted by atomic mass is 35.5. The third-order valence-corrected chi connectivity index (χ3v) is 4.30. The van der Waals surface area contributed by atoms with E-state index in [1.807, 2.05) is 6.92 Å². The molecule has 8 heteroatoms. The van der Waals surface area contributed by atoms with Gasteiger partial charge in [-0.05, 0) is 31.0 Å². The normalized spacial score (nSPS) is 12.8. The van der Waals surface area contributed by atoms with Gasteiger partial charge in [0.05, 0.1) is 11.4 Å². The Labute approximate surface area is 124 Å². The van der Waals surface area contributed by atoms with Crippen molar-refractivity contribution in [2.24, 2.45) is 0 Å². The largest absolute Gasteiger partial charge is 0.360 e. The SMILES string of the molecule is CCc1cc2c(NC(C)c3ncn[nH]3)nc(Cl)nc2s1. The number of halogens is 1. The molecule has 0 saturated heterocycles. The topological polar surface area (TPSA) is 79.4 Å². The Bertz CT molecular complexity index is 723. The highest BCUT2D eigenvalue weighted by Crippen LogP contribution is 2.31. The summed E-state index contributed by atoms with van der Waals surface area (Å²) in [5.74, 6) is 1.47. The third-order valence-electron chi connectivity index (χ3n) is 2.96. The van der Waals surface area contributed by atoms with E-state index in [1.54, 1.807) is 11.3 Å². The average Bonchev–Trinajstić information content (AvgIpc) is 3.07. The Balaban J connectivity index is 1.99. The van der Waals surface area contributed by atoms with E-state index >= 15 is 0 Å². The number of nitrogens with one attached hydrogen (secondary N) is 2. The van der Waals surface area contributed by atoms with Gasteiger partial charge in [-0.25, -0.2) is 15.0 Å². The van der Waals surface area contributed by atoms with Gasteiger partial charge in [-0.2, -0.15) is 5.10 Å². The number of fused-ring (bicyclic) bond motifs is 1. The molecule has 3 aromatic heterocycles. The summed E-state index contributed by atoms with van der Waals surface area (Å²) in [7, 11) is 0. The molecule has 1 atom stereocenters. The van der Waals surface area contributed by atoms with Crippen LogP contribution in [0.25, 0.3) is 10.2 Å². The van der Waals surface area contributed by atoms with Gasteiger partial charge in [0.25, 0.3) is 0 Å². The molecule has 0 aliphatic carbocycles. The minimum Gasteiger partial charge on any atom is -0.360 e. The van der Waals surface area contributed by atoms with Crippen LogP contribution < -0.4 is 5.32 Å². The van der Waals surface area contributed by atoms with Gasteiger partial charge in [0.2, 0.25) is 5.28 Å². The molecule has 3 rings (SSSR count). The number of thiophene rings is 1. The van der Waals surface area contributed by atoms with E-state index in [9.17, 15) is 0 Å². The van der Waals surface area contributed by atoms with Crippen molar-refractivity contribution in [3.8, 4) is 0 Å². The summed E-state index contributed by atoms with van der Waals surface area (Å²) in [6.45, 7) is 4.10. The van der Waals surface area contributed by atoms with Gasteiger partial charge >= 0.3 is 0 Å². The zero-order chi connectivity index (χ0) is 14.1. The Morgan fingerprint density at radius 3 is 3.00 bits per heavy atom. The van der Waals surface area contributed by atoms with Crippen LogP contribution in [0.4, 0.5) is 5.82 Å². The maximum Gasteiger partial charge on any atom is 0.225 e. The number of nitrogens with zero attached hydrogens (tertiary/aromatic N) is 4. The van der Waals surface area contributed by atoms with Crippen LogP contribution in [-0.4, -0.2) is 25.1 Å². The number of aryl methyl sites for hydroxylation is 1. The molecule has 0 aliphatic heterocycles. The summed E-state index contributed by atoms with van der Waals surface area (Å²) in [5, 5.41) is 11.2. The lowest BCUT2D eigenvalue weighted by Gasteiger charge is -2.12. The van der Waals surface area contributed by atoms with Crippen molar-refractivity contribution in [2.45, 2.75) is 26.3 Å². The van der Waals surface area contributed by atoms with Gasteiger partial charge in [-0.1, -0.05) is 6.92 Å². The molecule has 2 N–H and O–H groups in total. The summed E-state index contributed by atoms with van der Waals surface area (Å²) in [5.41, 5.74) is 0. The predicted octanol–water partition coefficient (Wildman–Crippen LogP) is 3.20. The van der Waals surface area contributed by atoms with Crippen molar-refractivity contribution in [2.75, 3.05) is 5.32 Å². The van der Waals surface area contributed by atoms with Crippen molar-refractivity contribution in [3.05, 3.63) is 28.4 Å². The monoisotopic (exact) mass is 308 g/mol. The first-order valence-corrected chi connectivity index (χ1v) is 7.44. The fraction of sp³-hybridized carbons (Fsp3) is 0.333. The Morgan fingerprint density at radius 2 is 2.30 bits per heavy atom. The minimum atomic E-state index is -0.0448. The first kappa shape index (κ1) is 13.3. The lowest BCUT2D eigenvalue weighted by atomic mass is 10.2. The van der Waals surface area contributed by atoms with Gasteiger partial charge in [-0.15, -0.1) is 11.3 Å². The smallest absolute Gasteiger partial charge is 0.225 e. The molecule has 0 aromatic carbocycles. The molecule has 20 heavy (non-hydrogen) atoms. The summed E-state index contributed by atoms with van der Waals surface area (Å²) in [6.07, 6.45) is 2.45. The van der Waals surface area contributed by atoms with Crippen molar-refractivity contribution in [1.82, 2.24) is 25.1 Å². The molecular weight excluding hydrogens is 296 g/mol. The Morgan fingerprint density at radius 1 is 1.45 bits per heavy atom. The quantitative estimate of drug-likeness (QED) is 0.724. The van der Waals surface area contributed by atoms with Crippen LogP contribution in [0.15, 0.2) is 12.4 Å². The number of rotatable bonds is 4. The van der Waals surface area contributed by atoms with Gasteiger partial charge in [0.15, 0.2) is 0 Å². The van der Waals surface area contributed by atoms with E-state index in [-0.39, 0.29) is 11.3 Å². The van der Waals surface area contributed by atoms with E-state index in [1.165, 1.54) is 11.2 Å². The molecule has 0 aliphatic rings. The lowest BCUT2D eigenvalue weighted by Crippen LogP contribution is -2.10. The Kier molecular flexibility index (Phi) is 3.54. The maximum atomic E-state index is 5.99. The molecule has 104 valence electrons. The second-order valence-corrected chi connectivity index (χ2v) is 5.82. The van der Waals surface area contributed by atoms with Gasteiger partial charge < -0.3 is 5.32 Å². The van der Waals surface area contributed by atoms with Gasteiger partial charge in [-0.3, -0.25) is 5.10 Å². The van der Waals surface area contributed by atoms with Crippen LogP contribution >= 0.6 is 22.9 Å². The molecule has 6 nitrogen and oxygen atoms in total. The molecule has 3 heterocycles. The summed E-state index contributed by atoms with van der Waals surface area (Å²) in [6, 6.07) is 2.06. The van der Waals surface area contributed by atoms with E-state index in [2.05, 4.69) is 43.5 Å². The van der Waals surface area contributed by atoms with Crippen molar-refractivity contribution < 1.29 is 0 Å². The van der Waals surface area contributed by atoms with Crippen molar-refractivity contribution >= 4 is 39.0 Å². The van der Waals surface area contributed by atoms with E-state index in [4.69, 9.17) is 11.6 Å². The first-order valence-electron chi connectivity index (χ1n) is 6.25. The van der Waals surface area contributed by atoms with Crippen molar-refractivity contribution in [3.63, 3.8) is 0 Å². The van der Waals surface area contributed by atoms with E-state index < -0.39 is 0 Å². The Hall–Kier alpha value is -1.73. The van der Waals surface area contributed by atoms with E-state index in [0.29, 0.717) is 0 Å². The number of anilines is 1. The predicted molar refractivity (Wildman–Crippen MR) is 80.2 cm³/mol. The van der Waals surface area contributed by atoms with Crippen molar-refractivity contribution in [1.29, 1.82) is 0 Å². The molecule has 0 saturated carbocycles. The fourth-order valence-corrected chi connectivity index (χ4v) is 3.11. The van der Waals surface area contributed by atoms with Crippen LogP contribution in [0.1, 0.15) is 30.6 Å². The van der Waals surface area contributed by atoms with Crippen LogP contribution in [0.2, 0.25) is 5.28 Å². The molecule has 0 fully saturated rings. The van der Waals surface area contributed by atoms with Crippen LogP contribution in [0.5, 0.6) is 0 Å². The second kappa shape index (κ2) is 5.34. The van der Waals surface area contributed by atoms with Crippen LogP contribution in [0, 0.1) is 0 Å².